The third-order valence-corrected chi connectivity index (χ3v) is 1.93. The number of nitrogens with one attached hydrogen (secondary N) is 1. The van der Waals surface area contributed by atoms with Gasteiger partial charge in [0.15, 0.2) is 5.15 Å². The Morgan fingerprint density at radius 3 is 3.00 bits per heavy atom. The van der Waals surface area contributed by atoms with Crippen LogP contribution in [0.4, 0.5) is 0 Å². The van der Waals surface area contributed by atoms with E-state index in [0.717, 1.165) is 0 Å². The molecule has 0 aromatic carbocycles. The molecule has 2 aromatic rings. The molecule has 2 heterocycles. The first kappa shape index (κ1) is 8.00. The highest BCUT2D eigenvalue weighted by Gasteiger charge is 2.13. The van der Waals surface area contributed by atoms with Gasteiger partial charge in [-0.25, -0.2) is 14.8 Å². The minimum Gasteiger partial charge on any atom is -0.478 e. The quantitative estimate of drug-likeness (QED) is 0.676. The number of fused-ring (bicyclic) bond motifs is 1. The Morgan fingerprint density at radius 1 is 1.54 bits per heavy atom. The van der Waals surface area contributed by atoms with Crippen LogP contribution in [0.15, 0.2) is 12.5 Å². The number of aromatic amines is 1. The van der Waals surface area contributed by atoms with Crippen LogP contribution in [0.5, 0.6) is 0 Å². The highest BCUT2D eigenvalue weighted by atomic mass is 35.5. The molecule has 0 fully saturated rings. The predicted molar refractivity (Wildman–Crippen MR) is 45.9 cm³/mol. The van der Waals surface area contributed by atoms with Crippen LogP contribution in [0.2, 0.25) is 5.15 Å². The molecule has 5 nitrogen and oxygen atoms in total. The number of H-pyrrole nitrogens is 1. The molecule has 0 aliphatic rings. The zero-order valence-electron chi connectivity index (χ0n) is 6.28. The molecule has 0 atom stereocenters. The maximum absolute atomic E-state index is 10.7. The van der Waals surface area contributed by atoms with Crippen molar-refractivity contribution in [3.8, 4) is 0 Å². The molecule has 66 valence electrons. The van der Waals surface area contributed by atoms with Crippen LogP contribution in [-0.4, -0.2) is 26.0 Å². The lowest BCUT2D eigenvalue weighted by atomic mass is 10.3. The fourth-order valence-corrected chi connectivity index (χ4v) is 1.26. The summed E-state index contributed by atoms with van der Waals surface area (Å²) >= 11 is 5.70. The molecule has 0 unspecified atom stereocenters. The molecule has 0 saturated carbocycles. The van der Waals surface area contributed by atoms with Crippen molar-refractivity contribution in [3.63, 3.8) is 0 Å². The lowest BCUT2D eigenvalue weighted by Gasteiger charge is -1.91. The molecule has 2 rings (SSSR count). The molecule has 0 radical (unpaired) electrons. The second-order valence-corrected chi connectivity index (χ2v) is 2.75. The van der Waals surface area contributed by atoms with Crippen molar-refractivity contribution in [2.45, 2.75) is 0 Å². The Bertz CT molecular complexity index is 480. The number of carbonyl (C=O) groups is 1. The van der Waals surface area contributed by atoms with Crippen LogP contribution >= 0.6 is 11.6 Å². The normalized spacial score (nSPS) is 10.5. The number of hydrogen-bond acceptors (Lipinski definition) is 3. The van der Waals surface area contributed by atoms with E-state index in [2.05, 4.69) is 15.0 Å². The topological polar surface area (TPSA) is 78.9 Å². The zero-order chi connectivity index (χ0) is 9.42. The third-order valence-electron chi connectivity index (χ3n) is 1.65. The summed E-state index contributed by atoms with van der Waals surface area (Å²) in [5, 5.41) is 8.96. The van der Waals surface area contributed by atoms with Crippen LogP contribution in [0.25, 0.3) is 11.0 Å². The Labute approximate surface area is 77.4 Å². The van der Waals surface area contributed by atoms with Gasteiger partial charge in [0, 0.05) is 6.20 Å². The van der Waals surface area contributed by atoms with Crippen molar-refractivity contribution in [2.75, 3.05) is 0 Å². The first-order valence-electron chi connectivity index (χ1n) is 3.41. The van der Waals surface area contributed by atoms with Crippen LogP contribution in [-0.2, 0) is 0 Å². The van der Waals surface area contributed by atoms with Crippen molar-refractivity contribution >= 4 is 28.6 Å². The highest BCUT2D eigenvalue weighted by molar-refractivity contribution is 6.34. The summed E-state index contributed by atoms with van der Waals surface area (Å²) in [5.41, 5.74) is 0.869. The highest BCUT2D eigenvalue weighted by Crippen LogP contribution is 2.20. The van der Waals surface area contributed by atoms with Gasteiger partial charge in [-0.3, -0.25) is 0 Å². The standard InChI is InChI=1S/C7H4ClN3O2/c8-6-5-4(10-2-11-6)3(1-9-5)7(12)13/h1-2,9H,(H,12,13). The van der Waals surface area contributed by atoms with Crippen molar-refractivity contribution < 1.29 is 9.90 Å². The lowest BCUT2D eigenvalue weighted by Crippen LogP contribution is -1.95. The molecule has 0 spiro atoms. The number of halogens is 1. The van der Waals surface area contributed by atoms with Crippen molar-refractivity contribution in [1.82, 2.24) is 15.0 Å². The first-order valence-corrected chi connectivity index (χ1v) is 3.79. The summed E-state index contributed by atoms with van der Waals surface area (Å²) in [7, 11) is 0. The number of hydrogen-bond donors (Lipinski definition) is 2. The molecule has 0 aliphatic heterocycles. The molecule has 0 saturated heterocycles. The van der Waals surface area contributed by atoms with Gasteiger partial charge in [0.25, 0.3) is 0 Å². The summed E-state index contributed by atoms with van der Waals surface area (Å²) < 4.78 is 0. The van der Waals surface area contributed by atoms with Gasteiger partial charge in [-0.05, 0) is 0 Å². The van der Waals surface area contributed by atoms with Crippen molar-refractivity contribution in [1.29, 1.82) is 0 Å². The maximum Gasteiger partial charge on any atom is 0.339 e. The number of nitrogens with zero attached hydrogens (tertiary/aromatic N) is 2. The summed E-state index contributed by atoms with van der Waals surface area (Å²) in [6.07, 6.45) is 2.57. The van der Waals surface area contributed by atoms with E-state index >= 15 is 0 Å². The second kappa shape index (κ2) is 2.70. The van der Waals surface area contributed by atoms with E-state index in [9.17, 15) is 4.79 Å². The van der Waals surface area contributed by atoms with Gasteiger partial charge in [-0.2, -0.15) is 0 Å². The maximum atomic E-state index is 10.7. The van der Waals surface area contributed by atoms with E-state index in [-0.39, 0.29) is 10.7 Å². The van der Waals surface area contributed by atoms with Crippen molar-refractivity contribution in [3.05, 3.63) is 23.2 Å². The Morgan fingerprint density at radius 2 is 2.31 bits per heavy atom. The van der Waals surface area contributed by atoms with Gasteiger partial charge >= 0.3 is 5.97 Å². The average Bonchev–Trinajstić information content (AvgIpc) is 2.48. The molecule has 13 heavy (non-hydrogen) atoms. The molecule has 0 bridgehead atoms. The molecular weight excluding hydrogens is 194 g/mol. The third kappa shape index (κ3) is 1.13. The van der Waals surface area contributed by atoms with Gasteiger partial charge in [0.2, 0.25) is 0 Å². The van der Waals surface area contributed by atoms with E-state index in [1.165, 1.54) is 12.5 Å². The van der Waals surface area contributed by atoms with Crippen LogP contribution < -0.4 is 0 Å². The number of aromatic carboxylic acids is 1. The van der Waals surface area contributed by atoms with E-state index in [1.807, 2.05) is 0 Å². The monoisotopic (exact) mass is 197 g/mol. The minimum atomic E-state index is -1.04. The molecule has 2 aromatic heterocycles. The van der Waals surface area contributed by atoms with Gasteiger partial charge in [0.05, 0.1) is 0 Å². The van der Waals surface area contributed by atoms with Gasteiger partial charge < -0.3 is 10.1 Å². The molecule has 6 heteroatoms. The molecule has 0 amide bonds. The van der Waals surface area contributed by atoms with Gasteiger partial charge in [-0.1, -0.05) is 11.6 Å². The number of rotatable bonds is 1. The van der Waals surface area contributed by atoms with Crippen molar-refractivity contribution in [2.24, 2.45) is 0 Å². The summed E-state index contributed by atoms with van der Waals surface area (Å²) in [5.74, 6) is -1.04. The van der Waals surface area contributed by atoms with E-state index in [1.54, 1.807) is 0 Å². The average molecular weight is 198 g/mol. The van der Waals surface area contributed by atoms with Crippen LogP contribution in [0.3, 0.4) is 0 Å². The fraction of sp³-hybridized carbons (Fsp3) is 0. The minimum absolute atomic E-state index is 0.0966. The second-order valence-electron chi connectivity index (χ2n) is 2.40. The summed E-state index contributed by atoms with van der Waals surface area (Å²) in [6.45, 7) is 0. The SMILES string of the molecule is O=C(O)c1c[nH]c2c(Cl)ncnc12. The molecule has 0 aliphatic carbocycles. The van der Waals surface area contributed by atoms with E-state index < -0.39 is 5.97 Å². The zero-order valence-corrected chi connectivity index (χ0v) is 7.04. The number of carboxylic acid groups (broad SMARTS) is 1. The largest absolute Gasteiger partial charge is 0.478 e. The Hall–Kier alpha value is -1.62. The number of aromatic nitrogens is 3. The Balaban J connectivity index is 2.83. The predicted octanol–water partition coefficient (Wildman–Crippen LogP) is 1.31. The smallest absolute Gasteiger partial charge is 0.339 e. The number of carboxylic acids is 1. The summed E-state index contributed by atoms with van der Waals surface area (Å²) in [4.78, 5) is 20.9. The fourth-order valence-electron chi connectivity index (χ4n) is 1.07. The molecule has 2 N–H and O–H groups in total. The summed E-state index contributed by atoms with van der Waals surface area (Å²) in [6, 6.07) is 0. The first-order chi connectivity index (χ1) is 6.20. The van der Waals surface area contributed by atoms with Crippen LogP contribution in [0, 0.1) is 0 Å². The van der Waals surface area contributed by atoms with Crippen LogP contribution in [0.1, 0.15) is 10.4 Å². The van der Waals surface area contributed by atoms with Gasteiger partial charge in [0.1, 0.15) is 22.9 Å². The lowest BCUT2D eigenvalue weighted by molar-refractivity contribution is 0.0699. The van der Waals surface area contributed by atoms with E-state index in [4.69, 9.17) is 16.7 Å². The van der Waals surface area contributed by atoms with Gasteiger partial charge in [-0.15, -0.1) is 0 Å². The Kier molecular flexibility index (Phi) is 1.66. The molecular formula is C7H4ClN3O2. The van der Waals surface area contributed by atoms with E-state index in [0.29, 0.717) is 11.0 Å².